The number of ether oxygens (including phenoxy) is 3. The van der Waals surface area contributed by atoms with Crippen molar-refractivity contribution in [1.82, 2.24) is 4.98 Å². The Hall–Kier alpha value is -3.13. The largest absolute Gasteiger partial charge is 0.497 e. The summed E-state index contributed by atoms with van der Waals surface area (Å²) in [6.07, 6.45) is 1.43. The zero-order chi connectivity index (χ0) is 18.5. The monoisotopic (exact) mass is 356 g/mol. The number of anilines is 1. The highest BCUT2D eigenvalue weighted by Gasteiger charge is 2.51. The van der Waals surface area contributed by atoms with Gasteiger partial charge in [0.05, 0.1) is 29.6 Å². The summed E-state index contributed by atoms with van der Waals surface area (Å²) >= 11 is 0. The first-order chi connectivity index (χ1) is 12.4. The van der Waals surface area contributed by atoms with Gasteiger partial charge in [-0.05, 0) is 25.0 Å². The van der Waals surface area contributed by atoms with Gasteiger partial charge in [-0.2, -0.15) is 0 Å². The molecule has 134 valence electrons. The van der Waals surface area contributed by atoms with Gasteiger partial charge in [0.25, 0.3) is 5.79 Å². The SMILES string of the molecule is COc1ccc2c(N)c3c(nc2c1)CCC1OC(=O)/C=C\C(=O)OC31O. The van der Waals surface area contributed by atoms with Crippen LogP contribution in [0.2, 0.25) is 0 Å². The predicted molar refractivity (Wildman–Crippen MR) is 90.0 cm³/mol. The summed E-state index contributed by atoms with van der Waals surface area (Å²) in [6.45, 7) is 0. The molecule has 2 atom stereocenters. The second-order valence-corrected chi connectivity index (χ2v) is 6.15. The van der Waals surface area contributed by atoms with Crippen LogP contribution in [0.3, 0.4) is 0 Å². The minimum absolute atomic E-state index is 0.155. The first kappa shape index (κ1) is 16.3. The van der Waals surface area contributed by atoms with Crippen molar-refractivity contribution in [3.8, 4) is 5.75 Å². The smallest absolute Gasteiger partial charge is 0.333 e. The maximum Gasteiger partial charge on any atom is 0.333 e. The van der Waals surface area contributed by atoms with Crippen LogP contribution in [0.25, 0.3) is 10.9 Å². The molecule has 0 bridgehead atoms. The molecule has 8 nitrogen and oxygen atoms in total. The Labute approximate surface area is 148 Å². The van der Waals surface area contributed by atoms with Crippen LogP contribution in [0.4, 0.5) is 5.69 Å². The quantitative estimate of drug-likeness (QED) is 0.724. The molecule has 0 spiro atoms. The summed E-state index contributed by atoms with van der Waals surface area (Å²) in [5, 5.41) is 11.7. The lowest BCUT2D eigenvalue weighted by Gasteiger charge is -2.40. The van der Waals surface area contributed by atoms with E-state index >= 15 is 0 Å². The minimum Gasteiger partial charge on any atom is -0.497 e. The molecule has 4 rings (SSSR count). The van der Waals surface area contributed by atoms with Gasteiger partial charge >= 0.3 is 11.9 Å². The number of aliphatic hydroxyl groups is 1. The Bertz CT molecular complexity index is 970. The third kappa shape index (κ3) is 2.38. The minimum atomic E-state index is -2.20. The van der Waals surface area contributed by atoms with Crippen molar-refractivity contribution in [3.63, 3.8) is 0 Å². The van der Waals surface area contributed by atoms with Gasteiger partial charge in [0.2, 0.25) is 0 Å². The van der Waals surface area contributed by atoms with Crippen LogP contribution >= 0.6 is 0 Å². The van der Waals surface area contributed by atoms with Crippen LogP contribution in [0.1, 0.15) is 17.7 Å². The molecular formula is C18H16N2O6. The number of aryl methyl sites for hydroxylation is 1. The maximum atomic E-state index is 12.0. The van der Waals surface area contributed by atoms with Gasteiger partial charge in [-0.3, -0.25) is 4.98 Å². The van der Waals surface area contributed by atoms with E-state index in [2.05, 4.69) is 4.98 Å². The number of nitrogens with two attached hydrogens (primary N) is 1. The van der Waals surface area contributed by atoms with Crippen molar-refractivity contribution in [2.75, 3.05) is 12.8 Å². The molecule has 3 N–H and O–H groups in total. The fraction of sp³-hybridized carbons (Fsp3) is 0.278. The molecule has 0 saturated heterocycles. The number of nitrogen functional groups attached to an aromatic ring is 1. The Morgan fingerprint density at radius 2 is 2.08 bits per heavy atom. The highest BCUT2D eigenvalue weighted by Crippen LogP contribution is 2.44. The van der Waals surface area contributed by atoms with Crippen LogP contribution in [-0.4, -0.2) is 35.2 Å². The van der Waals surface area contributed by atoms with Crippen LogP contribution in [-0.2, 0) is 31.3 Å². The summed E-state index contributed by atoms with van der Waals surface area (Å²) < 4.78 is 15.7. The lowest BCUT2D eigenvalue weighted by Crippen LogP contribution is -2.50. The summed E-state index contributed by atoms with van der Waals surface area (Å²) in [7, 11) is 1.55. The molecule has 0 amide bonds. The molecule has 2 aromatic rings. The number of benzene rings is 1. The van der Waals surface area contributed by atoms with Crippen molar-refractivity contribution in [2.24, 2.45) is 0 Å². The molecule has 2 unspecified atom stereocenters. The van der Waals surface area contributed by atoms with Crippen molar-refractivity contribution in [3.05, 3.63) is 41.6 Å². The van der Waals surface area contributed by atoms with Gasteiger partial charge in [-0.1, -0.05) is 0 Å². The Kier molecular flexibility index (Phi) is 3.58. The van der Waals surface area contributed by atoms with Gasteiger partial charge in [0, 0.05) is 23.6 Å². The number of hydrogen-bond acceptors (Lipinski definition) is 8. The number of carbonyl (C=O) groups is 2. The normalized spacial score (nSPS) is 26.0. The Morgan fingerprint density at radius 3 is 2.85 bits per heavy atom. The molecular weight excluding hydrogens is 340 g/mol. The van der Waals surface area contributed by atoms with Gasteiger partial charge in [0.1, 0.15) is 5.75 Å². The van der Waals surface area contributed by atoms with E-state index in [1.807, 2.05) is 0 Å². The third-order valence-electron chi connectivity index (χ3n) is 4.62. The number of rotatable bonds is 1. The second-order valence-electron chi connectivity index (χ2n) is 6.15. The van der Waals surface area contributed by atoms with Crippen LogP contribution in [0.5, 0.6) is 5.75 Å². The standard InChI is InChI=1S/C18H16N2O6/c1-24-9-2-3-10-12(8-9)20-11-4-5-13-18(23,16(11)17(10)19)26-15(22)7-6-14(21)25-13/h2-3,6-8,13,23H,4-5H2,1H3,(H2,19,20)/b7-6-. The molecule has 2 heterocycles. The fourth-order valence-electron chi connectivity index (χ4n) is 3.41. The van der Waals surface area contributed by atoms with E-state index in [0.29, 0.717) is 28.8 Å². The molecule has 26 heavy (non-hydrogen) atoms. The number of hydrogen-bond donors (Lipinski definition) is 2. The summed E-state index contributed by atoms with van der Waals surface area (Å²) in [5.74, 6) is -3.17. The van der Waals surface area contributed by atoms with E-state index in [1.54, 1.807) is 25.3 Å². The van der Waals surface area contributed by atoms with E-state index in [-0.39, 0.29) is 17.7 Å². The molecule has 2 aliphatic rings. The lowest BCUT2D eigenvalue weighted by atomic mass is 9.85. The summed E-state index contributed by atoms with van der Waals surface area (Å²) in [5.41, 5.74) is 7.75. The fourth-order valence-corrected chi connectivity index (χ4v) is 3.41. The van der Waals surface area contributed by atoms with E-state index in [0.717, 1.165) is 12.2 Å². The van der Waals surface area contributed by atoms with Crippen molar-refractivity contribution in [2.45, 2.75) is 24.7 Å². The van der Waals surface area contributed by atoms with Gasteiger partial charge < -0.3 is 25.1 Å². The summed E-state index contributed by atoms with van der Waals surface area (Å²) in [4.78, 5) is 28.3. The molecule has 0 saturated carbocycles. The van der Waals surface area contributed by atoms with E-state index in [4.69, 9.17) is 19.9 Å². The molecule has 1 aliphatic heterocycles. The van der Waals surface area contributed by atoms with Gasteiger partial charge in [-0.25, -0.2) is 9.59 Å². The maximum absolute atomic E-state index is 12.0. The van der Waals surface area contributed by atoms with Crippen molar-refractivity contribution < 1.29 is 28.9 Å². The molecule has 1 aliphatic carbocycles. The number of carbonyl (C=O) groups excluding carboxylic acids is 2. The zero-order valence-corrected chi connectivity index (χ0v) is 13.9. The number of nitrogens with zero attached hydrogens (tertiary/aromatic N) is 1. The highest BCUT2D eigenvalue weighted by molar-refractivity contribution is 5.95. The summed E-state index contributed by atoms with van der Waals surface area (Å²) in [6, 6.07) is 5.15. The molecule has 1 aromatic carbocycles. The predicted octanol–water partition coefficient (Wildman–Crippen LogP) is 0.942. The number of aromatic nitrogens is 1. The molecule has 0 fully saturated rings. The third-order valence-corrected chi connectivity index (χ3v) is 4.62. The average Bonchev–Trinajstić information content (AvgIpc) is 2.61. The highest BCUT2D eigenvalue weighted by atomic mass is 16.7. The van der Waals surface area contributed by atoms with E-state index in [1.165, 1.54) is 0 Å². The Morgan fingerprint density at radius 1 is 1.31 bits per heavy atom. The number of methoxy groups -OCH3 is 1. The number of pyridine rings is 1. The van der Waals surface area contributed by atoms with Gasteiger partial charge in [-0.15, -0.1) is 0 Å². The van der Waals surface area contributed by atoms with Crippen LogP contribution in [0, 0.1) is 0 Å². The number of esters is 2. The number of fused-ring (bicyclic) bond motifs is 4. The topological polar surface area (TPSA) is 121 Å². The zero-order valence-electron chi connectivity index (χ0n) is 13.9. The molecule has 0 radical (unpaired) electrons. The van der Waals surface area contributed by atoms with Crippen molar-refractivity contribution >= 4 is 28.5 Å². The first-order valence-corrected chi connectivity index (χ1v) is 8.03. The molecule has 1 aromatic heterocycles. The van der Waals surface area contributed by atoms with Crippen LogP contribution in [0.15, 0.2) is 30.4 Å². The average molecular weight is 356 g/mol. The van der Waals surface area contributed by atoms with Gasteiger partial charge in [0.15, 0.2) is 6.10 Å². The van der Waals surface area contributed by atoms with Crippen molar-refractivity contribution in [1.29, 1.82) is 0 Å². The molecule has 8 heteroatoms. The van der Waals surface area contributed by atoms with E-state index < -0.39 is 23.8 Å². The van der Waals surface area contributed by atoms with E-state index in [9.17, 15) is 14.7 Å². The Balaban J connectivity index is 1.94. The second kappa shape index (κ2) is 5.70. The van der Waals surface area contributed by atoms with Crippen LogP contribution < -0.4 is 10.5 Å². The lowest BCUT2D eigenvalue weighted by molar-refractivity contribution is -0.262. The first-order valence-electron chi connectivity index (χ1n) is 8.03.